The van der Waals surface area contributed by atoms with E-state index in [9.17, 15) is 4.39 Å². The predicted molar refractivity (Wildman–Crippen MR) is 71.1 cm³/mol. The van der Waals surface area contributed by atoms with E-state index in [-0.39, 0.29) is 11.9 Å². The lowest BCUT2D eigenvalue weighted by Crippen LogP contribution is -2.14. The Kier molecular flexibility index (Phi) is 3.06. The van der Waals surface area contributed by atoms with E-state index in [4.69, 9.17) is 11.6 Å². The number of fused-ring (bicyclic) bond motifs is 1. The second-order valence-electron chi connectivity index (χ2n) is 4.57. The number of hydrogen-bond acceptors (Lipinski definition) is 1. The van der Waals surface area contributed by atoms with Crippen molar-refractivity contribution in [2.75, 3.05) is 0 Å². The van der Waals surface area contributed by atoms with Gasteiger partial charge in [0.15, 0.2) is 0 Å². The lowest BCUT2D eigenvalue weighted by Gasteiger charge is -2.13. The molecule has 0 saturated heterocycles. The summed E-state index contributed by atoms with van der Waals surface area (Å²) in [6.07, 6.45) is 0.716. The van der Waals surface area contributed by atoms with Crippen LogP contribution in [-0.4, -0.2) is 0 Å². The Morgan fingerprint density at radius 1 is 1.22 bits per heavy atom. The predicted octanol–water partition coefficient (Wildman–Crippen LogP) is 3.87. The SMILES string of the molecule is Fc1ccc(Cl)c(CC2NCc3ccccc32)c1. The molecule has 0 fully saturated rings. The highest BCUT2D eigenvalue weighted by Crippen LogP contribution is 2.30. The molecule has 1 aliphatic heterocycles. The van der Waals surface area contributed by atoms with E-state index in [2.05, 4.69) is 17.4 Å². The van der Waals surface area contributed by atoms with Crippen molar-refractivity contribution in [3.63, 3.8) is 0 Å². The lowest BCUT2D eigenvalue weighted by atomic mass is 9.99. The summed E-state index contributed by atoms with van der Waals surface area (Å²) in [7, 11) is 0. The maximum atomic E-state index is 13.2. The highest BCUT2D eigenvalue weighted by atomic mass is 35.5. The van der Waals surface area contributed by atoms with Crippen molar-refractivity contribution >= 4 is 11.6 Å². The molecule has 1 nitrogen and oxygen atoms in total. The van der Waals surface area contributed by atoms with Crippen LogP contribution in [0.25, 0.3) is 0 Å². The first-order valence-electron chi connectivity index (χ1n) is 5.99. The Morgan fingerprint density at radius 2 is 2.06 bits per heavy atom. The topological polar surface area (TPSA) is 12.0 Å². The summed E-state index contributed by atoms with van der Waals surface area (Å²) in [6.45, 7) is 0.869. The zero-order valence-corrected chi connectivity index (χ0v) is 10.5. The van der Waals surface area contributed by atoms with E-state index in [1.54, 1.807) is 6.07 Å². The van der Waals surface area contributed by atoms with E-state index < -0.39 is 0 Å². The van der Waals surface area contributed by atoms with E-state index in [0.29, 0.717) is 11.4 Å². The van der Waals surface area contributed by atoms with Gasteiger partial charge in [0.05, 0.1) is 0 Å². The van der Waals surface area contributed by atoms with Crippen LogP contribution in [0.2, 0.25) is 5.02 Å². The molecule has 2 aromatic carbocycles. The van der Waals surface area contributed by atoms with Crippen molar-refractivity contribution in [2.24, 2.45) is 0 Å². The van der Waals surface area contributed by atoms with Crippen molar-refractivity contribution in [3.8, 4) is 0 Å². The molecule has 2 aromatic rings. The Bertz CT molecular complexity index is 582. The molecule has 0 aromatic heterocycles. The summed E-state index contributed by atoms with van der Waals surface area (Å²) in [5.41, 5.74) is 3.46. The molecule has 92 valence electrons. The summed E-state index contributed by atoms with van der Waals surface area (Å²) in [5.74, 6) is -0.235. The van der Waals surface area contributed by atoms with Crippen LogP contribution in [0.4, 0.5) is 4.39 Å². The zero-order chi connectivity index (χ0) is 12.5. The first-order valence-corrected chi connectivity index (χ1v) is 6.37. The number of benzene rings is 2. The minimum Gasteiger partial charge on any atom is -0.306 e. The Hall–Kier alpha value is -1.38. The molecule has 1 heterocycles. The molecule has 1 unspecified atom stereocenters. The van der Waals surface area contributed by atoms with Crippen molar-refractivity contribution in [1.29, 1.82) is 0 Å². The molecule has 0 bridgehead atoms. The summed E-state index contributed by atoms with van der Waals surface area (Å²) in [6, 6.07) is 13.1. The van der Waals surface area contributed by atoms with Gasteiger partial charge in [0, 0.05) is 17.6 Å². The van der Waals surface area contributed by atoms with Crippen LogP contribution in [0, 0.1) is 5.82 Å². The lowest BCUT2D eigenvalue weighted by molar-refractivity contribution is 0.575. The third-order valence-electron chi connectivity index (χ3n) is 3.40. The first kappa shape index (κ1) is 11.7. The summed E-state index contributed by atoms with van der Waals surface area (Å²) >= 11 is 6.11. The third kappa shape index (κ3) is 2.14. The van der Waals surface area contributed by atoms with E-state index in [0.717, 1.165) is 12.1 Å². The molecular formula is C15H13ClFN. The number of hydrogen-bond donors (Lipinski definition) is 1. The van der Waals surface area contributed by atoms with Gasteiger partial charge in [-0.2, -0.15) is 0 Å². The second kappa shape index (κ2) is 4.71. The minimum atomic E-state index is -0.235. The van der Waals surface area contributed by atoms with Crippen LogP contribution in [0.1, 0.15) is 22.7 Å². The monoisotopic (exact) mass is 261 g/mol. The molecule has 1 atom stereocenters. The standard InChI is InChI=1S/C15H13ClFN/c16-14-6-5-12(17)7-11(14)8-15-13-4-2-1-3-10(13)9-18-15/h1-7,15,18H,8-9H2. The van der Waals surface area contributed by atoms with Crippen LogP contribution in [-0.2, 0) is 13.0 Å². The highest BCUT2D eigenvalue weighted by molar-refractivity contribution is 6.31. The summed E-state index contributed by atoms with van der Waals surface area (Å²) in [5, 5.41) is 4.06. The molecule has 0 spiro atoms. The van der Waals surface area contributed by atoms with Crippen LogP contribution < -0.4 is 5.32 Å². The molecular weight excluding hydrogens is 249 g/mol. The third-order valence-corrected chi connectivity index (χ3v) is 3.77. The molecule has 18 heavy (non-hydrogen) atoms. The van der Waals surface area contributed by atoms with Gasteiger partial charge >= 0.3 is 0 Å². The van der Waals surface area contributed by atoms with Gasteiger partial charge in [0.25, 0.3) is 0 Å². The molecule has 0 radical (unpaired) electrons. The van der Waals surface area contributed by atoms with Gasteiger partial charge in [0.2, 0.25) is 0 Å². The number of nitrogens with one attached hydrogen (secondary N) is 1. The molecule has 0 amide bonds. The van der Waals surface area contributed by atoms with Gasteiger partial charge in [-0.25, -0.2) is 4.39 Å². The van der Waals surface area contributed by atoms with Crippen LogP contribution in [0.3, 0.4) is 0 Å². The normalized spacial score (nSPS) is 17.8. The zero-order valence-electron chi connectivity index (χ0n) is 9.79. The molecule has 0 aliphatic carbocycles. The van der Waals surface area contributed by atoms with Crippen molar-refractivity contribution < 1.29 is 4.39 Å². The first-order chi connectivity index (χ1) is 8.74. The minimum absolute atomic E-state index is 0.223. The Morgan fingerprint density at radius 3 is 2.94 bits per heavy atom. The Balaban J connectivity index is 1.88. The summed E-state index contributed by atoms with van der Waals surface area (Å²) < 4.78 is 13.2. The second-order valence-corrected chi connectivity index (χ2v) is 4.98. The number of rotatable bonds is 2. The van der Waals surface area contributed by atoms with Crippen LogP contribution in [0.5, 0.6) is 0 Å². The smallest absolute Gasteiger partial charge is 0.123 e. The van der Waals surface area contributed by atoms with Gasteiger partial charge in [0.1, 0.15) is 5.82 Å². The Labute approximate surface area is 111 Å². The molecule has 0 saturated carbocycles. The van der Waals surface area contributed by atoms with Gasteiger partial charge in [-0.05, 0) is 41.3 Å². The van der Waals surface area contributed by atoms with Gasteiger partial charge in [-0.15, -0.1) is 0 Å². The average molecular weight is 262 g/mol. The highest BCUT2D eigenvalue weighted by Gasteiger charge is 2.22. The van der Waals surface area contributed by atoms with Crippen LogP contribution in [0.15, 0.2) is 42.5 Å². The average Bonchev–Trinajstić information content (AvgIpc) is 2.78. The molecule has 1 aliphatic rings. The summed E-state index contributed by atoms with van der Waals surface area (Å²) in [4.78, 5) is 0. The maximum Gasteiger partial charge on any atom is 0.123 e. The van der Waals surface area contributed by atoms with Gasteiger partial charge in [-0.1, -0.05) is 35.9 Å². The largest absolute Gasteiger partial charge is 0.306 e. The fraction of sp³-hybridized carbons (Fsp3) is 0.200. The maximum absolute atomic E-state index is 13.2. The fourth-order valence-electron chi connectivity index (χ4n) is 2.48. The molecule has 3 rings (SSSR count). The van der Waals surface area contributed by atoms with E-state index >= 15 is 0 Å². The van der Waals surface area contributed by atoms with E-state index in [1.165, 1.54) is 23.3 Å². The van der Waals surface area contributed by atoms with Crippen molar-refractivity contribution in [2.45, 2.75) is 19.0 Å². The van der Waals surface area contributed by atoms with E-state index in [1.807, 2.05) is 12.1 Å². The van der Waals surface area contributed by atoms with Crippen LogP contribution >= 0.6 is 11.6 Å². The fourth-order valence-corrected chi connectivity index (χ4v) is 2.67. The molecule has 3 heteroatoms. The quantitative estimate of drug-likeness (QED) is 0.865. The van der Waals surface area contributed by atoms with Gasteiger partial charge < -0.3 is 5.32 Å². The van der Waals surface area contributed by atoms with Crippen molar-refractivity contribution in [1.82, 2.24) is 5.32 Å². The van der Waals surface area contributed by atoms with Crippen molar-refractivity contribution in [3.05, 3.63) is 70.0 Å². The molecule has 1 N–H and O–H groups in total. The van der Waals surface area contributed by atoms with Gasteiger partial charge in [-0.3, -0.25) is 0 Å². The number of halogens is 2.